The van der Waals surface area contributed by atoms with E-state index in [0.717, 1.165) is 11.4 Å². The van der Waals surface area contributed by atoms with Crippen molar-refractivity contribution in [2.45, 2.75) is 6.54 Å². The zero-order valence-corrected chi connectivity index (χ0v) is 13.8. The molecule has 0 bridgehead atoms. The molecule has 3 aromatic rings. The second-order valence-electron chi connectivity index (χ2n) is 4.61. The molecule has 0 fully saturated rings. The lowest BCUT2D eigenvalue weighted by atomic mass is 10.2. The third kappa shape index (κ3) is 3.33. The first-order valence-electron chi connectivity index (χ1n) is 6.72. The summed E-state index contributed by atoms with van der Waals surface area (Å²) in [5.74, 6) is -0.0706. The largest absolute Gasteiger partial charge is 0.279 e. The summed E-state index contributed by atoms with van der Waals surface area (Å²) in [4.78, 5) is 18.5. The average molecular weight is 404 g/mol. The maximum Gasteiger partial charge on any atom is 0.253 e. The molecule has 0 spiro atoms. The van der Waals surface area contributed by atoms with Crippen molar-refractivity contribution >= 4 is 39.9 Å². The van der Waals surface area contributed by atoms with E-state index < -0.39 is 0 Å². The summed E-state index contributed by atoms with van der Waals surface area (Å²) in [6, 6.07) is 19.2. The highest BCUT2D eigenvalue weighted by Crippen LogP contribution is 2.25. The second kappa shape index (κ2) is 6.69. The van der Waals surface area contributed by atoms with Crippen LogP contribution in [0, 0.1) is 3.83 Å². The molecule has 6 heteroatoms. The fourth-order valence-electron chi connectivity index (χ4n) is 2.15. The summed E-state index contributed by atoms with van der Waals surface area (Å²) < 4.78 is 2.17. The highest BCUT2D eigenvalue weighted by atomic mass is 127. The number of benzene rings is 2. The Hall–Kier alpha value is -2.22. The van der Waals surface area contributed by atoms with Crippen LogP contribution in [0.15, 0.2) is 67.0 Å². The number of anilines is 2. The lowest BCUT2D eigenvalue weighted by Crippen LogP contribution is -2.29. The molecule has 2 aromatic carbocycles. The van der Waals surface area contributed by atoms with Crippen LogP contribution in [0.4, 0.5) is 11.4 Å². The van der Waals surface area contributed by atoms with Gasteiger partial charge in [0.05, 0.1) is 0 Å². The Morgan fingerprint density at radius 3 is 2.00 bits per heavy atom. The molecular weight excluding hydrogens is 391 g/mol. The van der Waals surface area contributed by atoms with Crippen LogP contribution in [0.5, 0.6) is 0 Å². The van der Waals surface area contributed by atoms with Gasteiger partial charge in [0.15, 0.2) is 0 Å². The fraction of sp³-hybridized carbons (Fsp3) is 0.0625. The van der Waals surface area contributed by atoms with Crippen LogP contribution in [0.2, 0.25) is 0 Å². The Bertz CT molecular complexity index is 719. The zero-order valence-electron chi connectivity index (χ0n) is 11.6. The third-order valence-corrected chi connectivity index (χ3v) is 3.58. The number of carbonyl (C=O) groups is 1. The van der Waals surface area contributed by atoms with Gasteiger partial charge in [-0.2, -0.15) is 0 Å². The monoisotopic (exact) mass is 404 g/mol. The first-order chi connectivity index (χ1) is 10.7. The molecular formula is C16H13IN4O. The molecule has 0 saturated heterocycles. The van der Waals surface area contributed by atoms with Crippen molar-refractivity contribution < 1.29 is 4.79 Å². The topological polar surface area (TPSA) is 51.0 Å². The second-order valence-corrected chi connectivity index (χ2v) is 5.58. The summed E-state index contributed by atoms with van der Waals surface area (Å²) in [5.41, 5.74) is 1.65. The van der Waals surface area contributed by atoms with Crippen molar-refractivity contribution in [2.75, 3.05) is 4.90 Å². The first-order valence-corrected chi connectivity index (χ1v) is 7.80. The van der Waals surface area contributed by atoms with Gasteiger partial charge in [-0.25, -0.2) is 9.67 Å². The number of carbonyl (C=O) groups excluding carboxylic acids is 1. The summed E-state index contributed by atoms with van der Waals surface area (Å²) in [6.07, 6.45) is 1.56. The minimum atomic E-state index is -0.0706. The molecule has 1 heterocycles. The zero-order chi connectivity index (χ0) is 15.4. The number of hydrogen-bond acceptors (Lipinski definition) is 3. The van der Waals surface area contributed by atoms with E-state index in [0.29, 0.717) is 3.83 Å². The standard InChI is InChI=1S/C16H13IN4O/c17-16-18-12-20(19-16)11-15(22)21(13-7-3-1-4-8-13)14-9-5-2-6-10-14/h1-10,12H,11H2. The van der Waals surface area contributed by atoms with Gasteiger partial charge in [-0.1, -0.05) is 36.4 Å². The van der Waals surface area contributed by atoms with Gasteiger partial charge in [-0.3, -0.25) is 9.69 Å². The van der Waals surface area contributed by atoms with Crippen LogP contribution in [0.1, 0.15) is 0 Å². The number of nitrogens with zero attached hydrogens (tertiary/aromatic N) is 4. The Morgan fingerprint density at radius 2 is 1.55 bits per heavy atom. The van der Waals surface area contributed by atoms with Gasteiger partial charge in [-0.05, 0) is 24.3 Å². The van der Waals surface area contributed by atoms with Crippen LogP contribution >= 0.6 is 22.6 Å². The quantitative estimate of drug-likeness (QED) is 0.628. The van der Waals surface area contributed by atoms with Crippen molar-refractivity contribution in [1.82, 2.24) is 14.8 Å². The molecule has 0 atom stereocenters. The van der Waals surface area contributed by atoms with E-state index in [4.69, 9.17) is 0 Å². The molecule has 0 saturated carbocycles. The first kappa shape index (κ1) is 14.7. The van der Waals surface area contributed by atoms with Crippen molar-refractivity contribution in [3.05, 3.63) is 70.8 Å². The highest BCUT2D eigenvalue weighted by Gasteiger charge is 2.18. The lowest BCUT2D eigenvalue weighted by Gasteiger charge is -2.22. The van der Waals surface area contributed by atoms with E-state index in [-0.39, 0.29) is 12.5 Å². The molecule has 22 heavy (non-hydrogen) atoms. The normalized spacial score (nSPS) is 10.4. The van der Waals surface area contributed by atoms with E-state index in [1.807, 2.05) is 83.3 Å². The SMILES string of the molecule is O=C(Cn1cnc(I)n1)N(c1ccccc1)c1ccccc1. The number of amides is 1. The smallest absolute Gasteiger partial charge is 0.253 e. The van der Waals surface area contributed by atoms with Crippen LogP contribution < -0.4 is 4.90 Å². The fourth-order valence-corrected chi connectivity index (χ4v) is 2.55. The number of aromatic nitrogens is 3. The van der Waals surface area contributed by atoms with Crippen LogP contribution in [0.25, 0.3) is 0 Å². The molecule has 110 valence electrons. The van der Waals surface area contributed by atoms with Gasteiger partial charge in [0, 0.05) is 34.0 Å². The Morgan fingerprint density at radius 1 is 1.00 bits per heavy atom. The molecule has 0 aliphatic rings. The van der Waals surface area contributed by atoms with Crippen molar-refractivity contribution in [3.8, 4) is 0 Å². The van der Waals surface area contributed by atoms with Gasteiger partial charge in [-0.15, -0.1) is 5.10 Å². The van der Waals surface area contributed by atoms with E-state index >= 15 is 0 Å². The molecule has 5 nitrogen and oxygen atoms in total. The summed E-state index contributed by atoms with van der Waals surface area (Å²) in [7, 11) is 0. The maximum atomic E-state index is 12.8. The van der Waals surface area contributed by atoms with Crippen LogP contribution in [0.3, 0.4) is 0 Å². The minimum Gasteiger partial charge on any atom is -0.279 e. The van der Waals surface area contributed by atoms with Gasteiger partial charge in [0.1, 0.15) is 12.9 Å². The summed E-state index contributed by atoms with van der Waals surface area (Å²) in [6.45, 7) is 0.139. The molecule has 0 aliphatic carbocycles. The predicted molar refractivity (Wildman–Crippen MR) is 92.8 cm³/mol. The van der Waals surface area contributed by atoms with Crippen molar-refractivity contribution in [3.63, 3.8) is 0 Å². The van der Waals surface area contributed by atoms with Gasteiger partial charge in [0.2, 0.25) is 3.83 Å². The predicted octanol–water partition coefficient (Wildman–Crippen LogP) is 3.25. The number of rotatable bonds is 4. The number of para-hydroxylation sites is 2. The molecule has 1 amide bonds. The molecule has 0 unspecified atom stereocenters. The molecule has 0 N–H and O–H groups in total. The van der Waals surface area contributed by atoms with Crippen LogP contribution in [-0.4, -0.2) is 20.7 Å². The average Bonchev–Trinajstić information content (AvgIpc) is 2.95. The van der Waals surface area contributed by atoms with Crippen molar-refractivity contribution in [2.24, 2.45) is 0 Å². The van der Waals surface area contributed by atoms with E-state index in [1.165, 1.54) is 0 Å². The third-order valence-electron chi connectivity index (χ3n) is 3.08. The van der Waals surface area contributed by atoms with Gasteiger partial charge >= 0.3 is 0 Å². The van der Waals surface area contributed by atoms with Gasteiger partial charge in [0.25, 0.3) is 5.91 Å². The maximum absolute atomic E-state index is 12.8. The molecule has 3 rings (SSSR count). The molecule has 0 radical (unpaired) electrons. The van der Waals surface area contributed by atoms with Gasteiger partial charge < -0.3 is 0 Å². The Labute approximate surface area is 141 Å². The summed E-state index contributed by atoms with van der Waals surface area (Å²) >= 11 is 2.02. The summed E-state index contributed by atoms with van der Waals surface area (Å²) in [5, 5.41) is 4.17. The lowest BCUT2D eigenvalue weighted by molar-refractivity contribution is -0.118. The van der Waals surface area contributed by atoms with E-state index in [2.05, 4.69) is 10.1 Å². The van der Waals surface area contributed by atoms with E-state index in [9.17, 15) is 4.79 Å². The Kier molecular flexibility index (Phi) is 4.47. The molecule has 1 aromatic heterocycles. The number of halogens is 1. The Balaban J connectivity index is 1.93. The van der Waals surface area contributed by atoms with Crippen molar-refractivity contribution in [1.29, 1.82) is 0 Å². The minimum absolute atomic E-state index is 0.0706. The van der Waals surface area contributed by atoms with E-state index in [1.54, 1.807) is 15.9 Å². The van der Waals surface area contributed by atoms with Crippen LogP contribution in [-0.2, 0) is 11.3 Å². The number of hydrogen-bond donors (Lipinski definition) is 0. The highest BCUT2D eigenvalue weighted by molar-refractivity contribution is 14.1. The molecule has 0 aliphatic heterocycles.